The number of thiocarbonyl (C=S) groups is 1. The van der Waals surface area contributed by atoms with Crippen LogP contribution < -0.4 is 5.32 Å². The minimum atomic E-state index is 0.656. The van der Waals surface area contributed by atoms with Crippen LogP contribution in [0.3, 0.4) is 0 Å². The molecule has 3 unspecified atom stereocenters. The van der Waals surface area contributed by atoms with Crippen molar-refractivity contribution < 1.29 is 0 Å². The summed E-state index contributed by atoms with van der Waals surface area (Å²) in [6.07, 6.45) is 5.65. The maximum atomic E-state index is 5.69. The van der Waals surface area contributed by atoms with E-state index in [0.29, 0.717) is 6.04 Å². The fourth-order valence-electron chi connectivity index (χ4n) is 4.62. The van der Waals surface area contributed by atoms with E-state index in [0.717, 1.165) is 49.7 Å². The lowest BCUT2D eigenvalue weighted by Crippen LogP contribution is -2.53. The summed E-state index contributed by atoms with van der Waals surface area (Å²) in [4.78, 5) is 4.91. The first kappa shape index (κ1) is 15.4. The highest BCUT2D eigenvalue weighted by Crippen LogP contribution is 2.44. The Hall–Kier alpha value is -1.13. The van der Waals surface area contributed by atoms with Gasteiger partial charge in [0.15, 0.2) is 5.11 Å². The van der Waals surface area contributed by atoms with Gasteiger partial charge in [-0.15, -0.1) is 0 Å². The maximum absolute atomic E-state index is 5.69. The highest BCUT2D eigenvalue weighted by Gasteiger charge is 2.40. The third kappa shape index (κ3) is 3.53. The first-order valence-electron chi connectivity index (χ1n) is 9.09. The van der Waals surface area contributed by atoms with Crippen LogP contribution in [0.4, 0.5) is 0 Å². The Morgan fingerprint density at radius 1 is 1.04 bits per heavy atom. The molecule has 1 aromatic rings. The zero-order chi connectivity index (χ0) is 15.6. The van der Waals surface area contributed by atoms with Crippen molar-refractivity contribution in [2.75, 3.05) is 26.2 Å². The second kappa shape index (κ2) is 6.78. The molecule has 2 aliphatic carbocycles. The molecule has 0 amide bonds. The predicted molar refractivity (Wildman–Crippen MR) is 98.3 cm³/mol. The van der Waals surface area contributed by atoms with Crippen molar-refractivity contribution in [2.24, 2.45) is 11.8 Å². The number of piperazine rings is 1. The van der Waals surface area contributed by atoms with E-state index in [1.807, 2.05) is 0 Å². The van der Waals surface area contributed by atoms with Crippen LogP contribution in [0.15, 0.2) is 30.3 Å². The lowest BCUT2D eigenvalue weighted by Gasteiger charge is -2.37. The predicted octanol–water partition coefficient (Wildman–Crippen LogP) is 2.87. The van der Waals surface area contributed by atoms with Crippen molar-refractivity contribution in [3.8, 4) is 0 Å². The highest BCUT2D eigenvalue weighted by atomic mass is 32.1. The van der Waals surface area contributed by atoms with Gasteiger partial charge in [-0.1, -0.05) is 36.8 Å². The molecule has 3 nitrogen and oxygen atoms in total. The van der Waals surface area contributed by atoms with Gasteiger partial charge in [0.2, 0.25) is 0 Å². The van der Waals surface area contributed by atoms with Crippen molar-refractivity contribution in [1.29, 1.82) is 0 Å². The van der Waals surface area contributed by atoms with E-state index in [4.69, 9.17) is 12.2 Å². The number of rotatable bonds is 3. The van der Waals surface area contributed by atoms with E-state index in [9.17, 15) is 0 Å². The summed E-state index contributed by atoms with van der Waals surface area (Å²) < 4.78 is 0. The van der Waals surface area contributed by atoms with Crippen LogP contribution in [-0.2, 0) is 6.54 Å². The molecule has 1 aromatic carbocycles. The number of nitrogens with one attached hydrogen (secondary N) is 1. The standard InChI is InChI=1S/C19H27N3S/c23-19(20-18-13-16-6-7-17(18)12-16)22-10-8-21(9-11-22)14-15-4-2-1-3-5-15/h1-5,16-18H,6-14H2,(H,20,23). The van der Waals surface area contributed by atoms with Crippen LogP contribution in [0.25, 0.3) is 0 Å². The lowest BCUT2D eigenvalue weighted by atomic mass is 9.95. The van der Waals surface area contributed by atoms with Gasteiger partial charge < -0.3 is 10.2 Å². The Labute approximate surface area is 145 Å². The van der Waals surface area contributed by atoms with Crippen molar-refractivity contribution in [2.45, 2.75) is 38.3 Å². The van der Waals surface area contributed by atoms with E-state index in [-0.39, 0.29) is 0 Å². The first-order chi connectivity index (χ1) is 11.3. The summed E-state index contributed by atoms with van der Waals surface area (Å²) in [5.74, 6) is 1.86. The van der Waals surface area contributed by atoms with Gasteiger partial charge in [0.25, 0.3) is 0 Å². The van der Waals surface area contributed by atoms with Crippen LogP contribution in [0, 0.1) is 11.8 Å². The van der Waals surface area contributed by atoms with Crippen LogP contribution in [0.5, 0.6) is 0 Å². The van der Waals surface area contributed by atoms with Gasteiger partial charge in [-0.3, -0.25) is 4.90 Å². The third-order valence-corrected chi connectivity index (χ3v) is 6.33. The maximum Gasteiger partial charge on any atom is 0.169 e. The monoisotopic (exact) mass is 329 g/mol. The van der Waals surface area contributed by atoms with Crippen LogP contribution in [-0.4, -0.2) is 47.1 Å². The fraction of sp³-hybridized carbons (Fsp3) is 0.632. The number of hydrogen-bond acceptors (Lipinski definition) is 2. The van der Waals surface area contributed by atoms with Gasteiger partial charge in [0.1, 0.15) is 0 Å². The number of nitrogens with zero attached hydrogens (tertiary/aromatic N) is 2. The molecule has 2 bridgehead atoms. The van der Waals surface area contributed by atoms with E-state index in [1.54, 1.807) is 0 Å². The second-order valence-electron chi connectivity index (χ2n) is 7.48. The molecular formula is C19H27N3S. The topological polar surface area (TPSA) is 18.5 Å². The van der Waals surface area contributed by atoms with Crippen molar-refractivity contribution in [1.82, 2.24) is 15.1 Å². The van der Waals surface area contributed by atoms with Crippen molar-refractivity contribution in [3.63, 3.8) is 0 Å². The molecule has 4 rings (SSSR count). The smallest absolute Gasteiger partial charge is 0.169 e. The Bertz CT molecular complexity index is 539. The third-order valence-electron chi connectivity index (χ3n) is 5.96. The summed E-state index contributed by atoms with van der Waals surface area (Å²) in [6, 6.07) is 11.4. The zero-order valence-electron chi connectivity index (χ0n) is 13.8. The SMILES string of the molecule is S=C(NC1CC2CCC1C2)N1CCN(Cc2ccccc2)CC1. The molecule has 0 aromatic heterocycles. The van der Waals surface area contributed by atoms with Crippen molar-refractivity contribution in [3.05, 3.63) is 35.9 Å². The first-order valence-corrected chi connectivity index (χ1v) is 9.50. The largest absolute Gasteiger partial charge is 0.360 e. The number of fused-ring (bicyclic) bond motifs is 2. The van der Waals surface area contributed by atoms with Gasteiger partial charge in [-0.25, -0.2) is 0 Å². The molecule has 1 N–H and O–H groups in total. The van der Waals surface area contributed by atoms with Gasteiger partial charge in [0, 0.05) is 38.8 Å². The fourth-order valence-corrected chi connectivity index (χ4v) is 4.96. The summed E-state index contributed by atoms with van der Waals surface area (Å²) in [5.41, 5.74) is 1.41. The Morgan fingerprint density at radius 2 is 1.83 bits per heavy atom. The van der Waals surface area contributed by atoms with Gasteiger partial charge in [-0.05, 0) is 48.9 Å². The zero-order valence-corrected chi connectivity index (χ0v) is 14.6. The average Bonchev–Trinajstić information content (AvgIpc) is 3.19. The summed E-state index contributed by atoms with van der Waals surface area (Å²) >= 11 is 5.69. The van der Waals surface area contributed by atoms with Crippen molar-refractivity contribution >= 4 is 17.3 Å². The molecule has 3 fully saturated rings. The quantitative estimate of drug-likeness (QED) is 0.859. The summed E-state index contributed by atoms with van der Waals surface area (Å²) in [7, 11) is 0. The van der Waals surface area contributed by atoms with Crippen LogP contribution >= 0.6 is 12.2 Å². The Balaban J connectivity index is 1.24. The van der Waals surface area contributed by atoms with E-state index in [1.165, 1.54) is 31.2 Å². The molecule has 3 atom stereocenters. The van der Waals surface area contributed by atoms with Gasteiger partial charge >= 0.3 is 0 Å². The second-order valence-corrected chi connectivity index (χ2v) is 7.87. The summed E-state index contributed by atoms with van der Waals surface area (Å²) in [5, 5.41) is 4.69. The molecular weight excluding hydrogens is 302 g/mol. The minimum absolute atomic E-state index is 0.656. The molecule has 4 heteroatoms. The molecule has 1 aliphatic heterocycles. The van der Waals surface area contributed by atoms with Gasteiger partial charge in [0.05, 0.1) is 0 Å². The molecule has 2 saturated carbocycles. The van der Waals surface area contributed by atoms with Gasteiger partial charge in [-0.2, -0.15) is 0 Å². The Morgan fingerprint density at radius 3 is 2.48 bits per heavy atom. The minimum Gasteiger partial charge on any atom is -0.360 e. The number of benzene rings is 1. The molecule has 0 spiro atoms. The van der Waals surface area contributed by atoms with E-state index < -0.39 is 0 Å². The van der Waals surface area contributed by atoms with Crippen LogP contribution in [0.1, 0.15) is 31.2 Å². The number of hydrogen-bond donors (Lipinski definition) is 1. The molecule has 1 heterocycles. The molecule has 1 saturated heterocycles. The normalized spacial score (nSPS) is 30.6. The Kier molecular flexibility index (Phi) is 4.54. The highest BCUT2D eigenvalue weighted by molar-refractivity contribution is 7.80. The average molecular weight is 330 g/mol. The molecule has 3 aliphatic rings. The molecule has 124 valence electrons. The van der Waals surface area contributed by atoms with E-state index >= 15 is 0 Å². The molecule has 23 heavy (non-hydrogen) atoms. The summed E-state index contributed by atoms with van der Waals surface area (Å²) in [6.45, 7) is 5.38. The van der Waals surface area contributed by atoms with E-state index in [2.05, 4.69) is 45.4 Å². The lowest BCUT2D eigenvalue weighted by molar-refractivity contribution is 0.173. The molecule has 0 radical (unpaired) electrons. The van der Waals surface area contributed by atoms with Crippen LogP contribution in [0.2, 0.25) is 0 Å².